The monoisotopic (exact) mass is 289 g/mol. The van der Waals surface area contributed by atoms with Crippen molar-refractivity contribution in [2.75, 3.05) is 6.54 Å². The Morgan fingerprint density at radius 2 is 1.95 bits per heavy atom. The van der Waals surface area contributed by atoms with E-state index in [1.54, 1.807) is 18.2 Å². The lowest BCUT2D eigenvalue weighted by Gasteiger charge is -2.19. The van der Waals surface area contributed by atoms with Gasteiger partial charge in [0.1, 0.15) is 5.82 Å². The number of carbonyl (C=O) groups is 1. The summed E-state index contributed by atoms with van der Waals surface area (Å²) in [6.07, 6.45) is 0.828. The molecular weight excluding hydrogens is 277 g/mol. The van der Waals surface area contributed by atoms with Gasteiger partial charge in [0.15, 0.2) is 0 Å². The summed E-state index contributed by atoms with van der Waals surface area (Å²) in [6.45, 7) is 0.666. The van der Waals surface area contributed by atoms with Crippen LogP contribution in [0.1, 0.15) is 32.4 Å². The first-order chi connectivity index (χ1) is 9.65. The number of halogens is 2. The van der Waals surface area contributed by atoms with Crippen molar-refractivity contribution in [2.24, 2.45) is 0 Å². The molecule has 1 heterocycles. The Balaban J connectivity index is 1.98. The molecule has 1 amide bonds. The average molecular weight is 290 g/mol. The minimum Gasteiger partial charge on any atom is -0.352 e. The summed E-state index contributed by atoms with van der Waals surface area (Å²) < 4.78 is 13.3. The van der Waals surface area contributed by atoms with Gasteiger partial charge in [-0.3, -0.25) is 4.79 Å². The number of carbonyl (C=O) groups excluding carboxylic acids is 1. The Hall–Kier alpha value is -1.87. The Morgan fingerprint density at radius 3 is 2.75 bits per heavy atom. The minimum atomic E-state index is -0.467. The molecule has 2 nitrogen and oxygen atoms in total. The van der Waals surface area contributed by atoms with Crippen LogP contribution in [-0.2, 0) is 6.42 Å². The molecule has 102 valence electrons. The molecular formula is C16H13ClFNO. The van der Waals surface area contributed by atoms with E-state index in [4.69, 9.17) is 11.6 Å². The highest BCUT2D eigenvalue weighted by Crippen LogP contribution is 2.31. The van der Waals surface area contributed by atoms with Crippen molar-refractivity contribution >= 4 is 17.5 Å². The molecule has 4 heteroatoms. The van der Waals surface area contributed by atoms with Crippen molar-refractivity contribution in [3.05, 3.63) is 70.5 Å². The molecule has 1 N–H and O–H groups in total. The predicted molar refractivity (Wildman–Crippen MR) is 76.6 cm³/mol. The van der Waals surface area contributed by atoms with Gasteiger partial charge in [0.2, 0.25) is 0 Å². The van der Waals surface area contributed by atoms with Crippen LogP contribution in [0, 0.1) is 5.82 Å². The maximum absolute atomic E-state index is 13.3. The van der Waals surface area contributed by atoms with Crippen LogP contribution in [0.2, 0.25) is 0 Å². The van der Waals surface area contributed by atoms with E-state index in [1.165, 1.54) is 12.1 Å². The standard InChI is InChI=1S/C16H13ClFNO/c17-15(11-2-1-3-13(18)8-11)12-5-4-10-6-7-19-16(20)14(10)9-12/h1-5,8-9,15H,6-7H2,(H,19,20). The zero-order valence-electron chi connectivity index (χ0n) is 10.7. The molecule has 1 aliphatic heterocycles. The highest BCUT2D eigenvalue weighted by Gasteiger charge is 2.19. The zero-order chi connectivity index (χ0) is 14.1. The summed E-state index contributed by atoms with van der Waals surface area (Å²) in [5, 5.41) is 2.34. The fourth-order valence-corrected chi connectivity index (χ4v) is 2.72. The van der Waals surface area contributed by atoms with Gasteiger partial charge in [-0.25, -0.2) is 4.39 Å². The van der Waals surface area contributed by atoms with Gasteiger partial charge in [-0.1, -0.05) is 24.3 Å². The van der Waals surface area contributed by atoms with E-state index in [2.05, 4.69) is 5.32 Å². The van der Waals surface area contributed by atoms with Crippen LogP contribution in [0.3, 0.4) is 0 Å². The lowest BCUT2D eigenvalue weighted by atomic mass is 9.95. The normalized spacial score (nSPS) is 15.4. The van der Waals surface area contributed by atoms with Gasteiger partial charge in [0, 0.05) is 12.1 Å². The van der Waals surface area contributed by atoms with E-state index in [1.807, 2.05) is 12.1 Å². The van der Waals surface area contributed by atoms with Crippen LogP contribution < -0.4 is 5.32 Å². The molecule has 0 radical (unpaired) electrons. The second-order valence-electron chi connectivity index (χ2n) is 4.84. The van der Waals surface area contributed by atoms with Gasteiger partial charge in [0.05, 0.1) is 5.38 Å². The van der Waals surface area contributed by atoms with Crippen LogP contribution in [0.5, 0.6) is 0 Å². The number of benzene rings is 2. The molecule has 0 aliphatic carbocycles. The molecule has 20 heavy (non-hydrogen) atoms. The first-order valence-corrected chi connectivity index (χ1v) is 6.89. The molecule has 1 atom stereocenters. The summed E-state index contributed by atoms with van der Waals surface area (Å²) >= 11 is 6.40. The third kappa shape index (κ3) is 2.41. The van der Waals surface area contributed by atoms with Gasteiger partial charge in [-0.15, -0.1) is 11.6 Å². The third-order valence-corrected chi connectivity index (χ3v) is 4.00. The topological polar surface area (TPSA) is 29.1 Å². The van der Waals surface area contributed by atoms with Gasteiger partial charge in [-0.05, 0) is 41.3 Å². The number of nitrogens with one attached hydrogen (secondary N) is 1. The summed E-state index contributed by atoms with van der Waals surface area (Å²) in [4.78, 5) is 11.8. The first kappa shape index (κ1) is 13.1. The van der Waals surface area contributed by atoms with Crippen LogP contribution >= 0.6 is 11.6 Å². The van der Waals surface area contributed by atoms with Crippen LogP contribution in [0.4, 0.5) is 4.39 Å². The van der Waals surface area contributed by atoms with Crippen molar-refractivity contribution in [3.8, 4) is 0 Å². The van der Waals surface area contributed by atoms with E-state index in [0.717, 1.165) is 17.5 Å². The predicted octanol–water partition coefficient (Wildman–Crippen LogP) is 3.44. The van der Waals surface area contributed by atoms with Crippen LogP contribution in [0.25, 0.3) is 0 Å². The molecule has 0 fully saturated rings. The zero-order valence-corrected chi connectivity index (χ0v) is 11.5. The van der Waals surface area contributed by atoms with Gasteiger partial charge >= 0.3 is 0 Å². The van der Waals surface area contributed by atoms with Crippen molar-refractivity contribution in [3.63, 3.8) is 0 Å². The Kier molecular flexibility index (Phi) is 3.45. The summed E-state index contributed by atoms with van der Waals surface area (Å²) in [5.74, 6) is -0.389. The summed E-state index contributed by atoms with van der Waals surface area (Å²) in [6, 6.07) is 11.8. The average Bonchev–Trinajstić information content (AvgIpc) is 2.47. The van der Waals surface area contributed by atoms with Gasteiger partial charge in [-0.2, -0.15) is 0 Å². The summed E-state index contributed by atoms with van der Waals surface area (Å²) in [5.41, 5.74) is 3.17. The van der Waals surface area contributed by atoms with E-state index >= 15 is 0 Å². The fraction of sp³-hybridized carbons (Fsp3) is 0.188. The second-order valence-corrected chi connectivity index (χ2v) is 5.28. The van der Waals surface area contributed by atoms with Gasteiger partial charge in [0.25, 0.3) is 5.91 Å². The maximum Gasteiger partial charge on any atom is 0.251 e. The lowest BCUT2D eigenvalue weighted by Crippen LogP contribution is -2.31. The van der Waals surface area contributed by atoms with Crippen LogP contribution in [0.15, 0.2) is 42.5 Å². The molecule has 1 aliphatic rings. The Bertz CT molecular complexity index is 671. The van der Waals surface area contributed by atoms with Crippen molar-refractivity contribution < 1.29 is 9.18 Å². The van der Waals surface area contributed by atoms with E-state index < -0.39 is 5.38 Å². The van der Waals surface area contributed by atoms with Crippen LogP contribution in [-0.4, -0.2) is 12.5 Å². The number of rotatable bonds is 2. The highest BCUT2D eigenvalue weighted by atomic mass is 35.5. The second kappa shape index (κ2) is 5.25. The van der Waals surface area contributed by atoms with E-state index in [9.17, 15) is 9.18 Å². The van der Waals surface area contributed by atoms with Gasteiger partial charge < -0.3 is 5.32 Å². The number of fused-ring (bicyclic) bond motifs is 1. The summed E-state index contributed by atoms with van der Waals surface area (Å²) in [7, 11) is 0. The van der Waals surface area contributed by atoms with Crippen molar-refractivity contribution in [2.45, 2.75) is 11.8 Å². The molecule has 0 saturated carbocycles. The number of hydrogen-bond donors (Lipinski definition) is 1. The molecule has 0 bridgehead atoms. The molecule has 2 aromatic carbocycles. The SMILES string of the molecule is O=C1NCCc2ccc(C(Cl)c3cccc(F)c3)cc21. The Morgan fingerprint density at radius 1 is 1.15 bits per heavy atom. The molecule has 0 saturated heterocycles. The van der Waals surface area contributed by atoms with Crippen molar-refractivity contribution in [1.82, 2.24) is 5.32 Å². The maximum atomic E-state index is 13.3. The minimum absolute atomic E-state index is 0.0730. The molecule has 1 unspecified atom stereocenters. The fourth-order valence-electron chi connectivity index (χ4n) is 2.44. The molecule has 0 spiro atoms. The van der Waals surface area contributed by atoms with Crippen molar-refractivity contribution in [1.29, 1.82) is 0 Å². The first-order valence-electron chi connectivity index (χ1n) is 6.46. The van der Waals surface area contributed by atoms with E-state index in [0.29, 0.717) is 17.7 Å². The number of hydrogen-bond acceptors (Lipinski definition) is 1. The number of amides is 1. The quantitative estimate of drug-likeness (QED) is 0.843. The molecule has 3 rings (SSSR count). The smallest absolute Gasteiger partial charge is 0.251 e. The van der Waals surface area contributed by atoms with E-state index in [-0.39, 0.29) is 11.7 Å². The number of alkyl halides is 1. The molecule has 2 aromatic rings. The molecule has 0 aromatic heterocycles. The largest absolute Gasteiger partial charge is 0.352 e. The highest BCUT2D eigenvalue weighted by molar-refractivity contribution is 6.22. The Labute approximate surface area is 121 Å². The lowest BCUT2D eigenvalue weighted by molar-refractivity contribution is 0.0946. The third-order valence-electron chi connectivity index (χ3n) is 3.49.